The number of nitrogens with one attached hydrogen (secondary N) is 1. The first-order chi connectivity index (χ1) is 14.9. The van der Waals surface area contributed by atoms with Gasteiger partial charge in [0.25, 0.3) is 0 Å². The maximum atomic E-state index is 5.87. The minimum Gasteiger partial charge on any atom is -0.357 e. The molecule has 0 aromatic heterocycles. The molecule has 0 saturated heterocycles. The Labute approximate surface area is 198 Å². The van der Waals surface area contributed by atoms with E-state index in [1.54, 1.807) is 0 Å². The van der Waals surface area contributed by atoms with Crippen molar-refractivity contribution in [3.05, 3.63) is 0 Å². The van der Waals surface area contributed by atoms with Gasteiger partial charge in [0.1, 0.15) is 46.3 Å². The molecule has 0 aliphatic rings. The van der Waals surface area contributed by atoms with Gasteiger partial charge in [-0.05, 0) is 64.8 Å². The van der Waals surface area contributed by atoms with Gasteiger partial charge in [-0.3, -0.25) is 0 Å². The summed E-state index contributed by atoms with van der Waals surface area (Å²) in [6.45, 7) is 22.2. The minimum atomic E-state index is -0.196. The van der Waals surface area contributed by atoms with Crippen LogP contribution in [0, 0.1) is 0 Å². The Kier molecular flexibility index (Phi) is 20.0. The van der Waals surface area contributed by atoms with E-state index in [-0.39, 0.29) is 22.4 Å². The fourth-order valence-corrected chi connectivity index (χ4v) is 7.60. The van der Waals surface area contributed by atoms with Gasteiger partial charge in [-0.1, -0.05) is 13.8 Å². The topological polar surface area (TPSA) is 67.4 Å². The Balaban J connectivity index is 5.01. The van der Waals surface area contributed by atoms with Crippen LogP contribution in [0.1, 0.15) is 55.4 Å². The van der Waals surface area contributed by atoms with Gasteiger partial charge in [-0.2, -0.15) is 0 Å². The summed E-state index contributed by atoms with van der Waals surface area (Å²) >= 11 is 0. The quantitative estimate of drug-likeness (QED) is 0.184. The molecular weight excluding hydrogens is 446 g/mol. The third-order valence-electron chi connectivity index (χ3n) is 4.13. The van der Waals surface area contributed by atoms with Crippen molar-refractivity contribution in [3.8, 4) is 0 Å². The highest BCUT2D eigenvalue weighted by Crippen LogP contribution is 2.26. The van der Waals surface area contributed by atoms with Crippen LogP contribution in [0.5, 0.6) is 0 Å². The molecule has 0 aromatic rings. The van der Waals surface area contributed by atoms with Gasteiger partial charge in [0.05, 0.1) is 0 Å². The van der Waals surface area contributed by atoms with Crippen molar-refractivity contribution in [1.82, 2.24) is 5.32 Å². The first-order valence-electron chi connectivity index (χ1n) is 11.6. The standard InChI is InChI=1S/C21H45NO6Si3/c1-9-23-18(24-10-2)29-17(7)15-22-16-21(8,30-19(25-11-3)26-12-4)31-20(27-13-5)28-14-6/h17-20,22H,9-16H2,1-8H3. The number of hydrogen-bond donors (Lipinski definition) is 1. The third-order valence-corrected chi connectivity index (χ3v) is 9.14. The molecule has 0 amide bonds. The van der Waals surface area contributed by atoms with Gasteiger partial charge >= 0.3 is 0 Å². The van der Waals surface area contributed by atoms with Crippen LogP contribution >= 0.6 is 0 Å². The lowest BCUT2D eigenvalue weighted by Crippen LogP contribution is -2.47. The third kappa shape index (κ3) is 15.8. The molecule has 0 aliphatic heterocycles. The fourth-order valence-electron chi connectivity index (χ4n) is 2.81. The molecule has 7 nitrogen and oxygen atoms in total. The van der Waals surface area contributed by atoms with Crippen LogP contribution in [-0.2, 0) is 28.4 Å². The Morgan fingerprint density at radius 3 is 1.35 bits per heavy atom. The molecule has 10 heteroatoms. The average Bonchev–Trinajstić information content (AvgIpc) is 2.69. The first kappa shape index (κ1) is 31.4. The zero-order valence-corrected chi connectivity index (χ0v) is 23.9. The van der Waals surface area contributed by atoms with Crippen molar-refractivity contribution in [3.63, 3.8) is 0 Å². The van der Waals surface area contributed by atoms with Gasteiger partial charge in [-0.25, -0.2) is 0 Å². The summed E-state index contributed by atoms with van der Waals surface area (Å²) < 4.78 is 34.8. The molecule has 0 rings (SSSR count). The Morgan fingerprint density at radius 2 is 1.00 bits per heavy atom. The van der Waals surface area contributed by atoms with E-state index in [2.05, 4.69) is 19.2 Å². The summed E-state index contributed by atoms with van der Waals surface area (Å²) in [6.07, 6.45) is 0. The van der Waals surface area contributed by atoms with Crippen molar-refractivity contribution < 1.29 is 28.4 Å². The van der Waals surface area contributed by atoms with Crippen LogP contribution in [0.2, 0.25) is 10.2 Å². The minimum absolute atomic E-state index is 0.0495. The molecule has 31 heavy (non-hydrogen) atoms. The van der Waals surface area contributed by atoms with Crippen LogP contribution in [-0.4, -0.2) is 99.0 Å². The average molecular weight is 492 g/mol. The molecule has 1 N–H and O–H groups in total. The van der Waals surface area contributed by atoms with Crippen molar-refractivity contribution >= 4 is 28.6 Å². The number of hydrogen-bond acceptors (Lipinski definition) is 7. The zero-order valence-electron chi connectivity index (χ0n) is 20.9. The van der Waals surface area contributed by atoms with Crippen molar-refractivity contribution in [2.75, 3.05) is 52.7 Å². The normalized spacial score (nSPS) is 13.6. The largest absolute Gasteiger partial charge is 0.357 e. The predicted molar refractivity (Wildman–Crippen MR) is 129 cm³/mol. The second-order valence-electron chi connectivity index (χ2n) is 7.05. The molecule has 0 spiro atoms. The highest BCUT2D eigenvalue weighted by molar-refractivity contribution is 6.63. The van der Waals surface area contributed by atoms with E-state index in [1.807, 2.05) is 41.5 Å². The molecule has 0 aliphatic carbocycles. The smallest absolute Gasteiger partial charge is 0.137 e. The number of ether oxygens (including phenoxy) is 6. The van der Waals surface area contributed by atoms with Crippen molar-refractivity contribution in [2.45, 2.75) is 83.3 Å². The van der Waals surface area contributed by atoms with Crippen molar-refractivity contribution in [1.29, 1.82) is 0 Å². The molecule has 1 unspecified atom stereocenters. The maximum Gasteiger partial charge on any atom is 0.137 e. The summed E-state index contributed by atoms with van der Waals surface area (Å²) in [6, 6.07) is 0. The van der Waals surface area contributed by atoms with E-state index < -0.39 is 0 Å². The predicted octanol–water partition coefficient (Wildman–Crippen LogP) is 2.70. The summed E-state index contributed by atoms with van der Waals surface area (Å²) in [5.74, 6) is -0.502. The highest BCUT2D eigenvalue weighted by atomic mass is 28.3. The van der Waals surface area contributed by atoms with Gasteiger partial charge < -0.3 is 33.7 Å². The van der Waals surface area contributed by atoms with E-state index in [0.717, 1.165) is 13.1 Å². The molecule has 1 atom stereocenters. The van der Waals surface area contributed by atoms with Crippen LogP contribution in [0.15, 0.2) is 0 Å². The molecular formula is C21H45NO6Si3. The van der Waals surface area contributed by atoms with Crippen LogP contribution in [0.3, 0.4) is 0 Å². The van der Waals surface area contributed by atoms with E-state index in [0.29, 0.717) is 73.7 Å². The molecule has 0 bridgehead atoms. The second-order valence-corrected chi connectivity index (χ2v) is 13.1. The molecule has 0 heterocycles. The highest BCUT2D eigenvalue weighted by Gasteiger charge is 2.35. The lowest BCUT2D eigenvalue weighted by molar-refractivity contribution is -0.0869. The summed E-state index contributed by atoms with van der Waals surface area (Å²) in [5.41, 5.74) is 0.461. The van der Waals surface area contributed by atoms with E-state index in [4.69, 9.17) is 28.4 Å². The Morgan fingerprint density at radius 1 is 0.645 bits per heavy atom. The van der Waals surface area contributed by atoms with E-state index in [9.17, 15) is 0 Å². The molecule has 182 valence electrons. The summed E-state index contributed by atoms with van der Waals surface area (Å²) in [4.78, 5) is 0. The number of rotatable bonds is 22. The van der Waals surface area contributed by atoms with E-state index in [1.165, 1.54) is 0 Å². The molecule has 0 saturated carbocycles. The zero-order chi connectivity index (χ0) is 23.5. The van der Waals surface area contributed by atoms with Crippen LogP contribution in [0.25, 0.3) is 0 Å². The Bertz CT molecular complexity index is 375. The van der Waals surface area contributed by atoms with Gasteiger partial charge in [0.2, 0.25) is 0 Å². The summed E-state index contributed by atoms with van der Waals surface area (Å²) in [5, 5.41) is 3.68. The second kappa shape index (κ2) is 19.8. The lowest BCUT2D eigenvalue weighted by Gasteiger charge is -2.34. The van der Waals surface area contributed by atoms with Gasteiger partial charge in [0.15, 0.2) is 0 Å². The fraction of sp³-hybridized carbons (Fsp3) is 1.00. The SMILES string of the molecule is CCOC(OCC)[Si]C(C)CNCC(C)([Si]C(OCC)OCC)[Si]C(OCC)OCC. The first-order valence-corrected chi connectivity index (χ1v) is 14.9. The maximum absolute atomic E-state index is 5.87. The molecule has 0 fully saturated rings. The van der Waals surface area contributed by atoms with Crippen LogP contribution < -0.4 is 5.32 Å². The molecule has 6 radical (unpaired) electrons. The van der Waals surface area contributed by atoms with Crippen LogP contribution in [0.4, 0.5) is 0 Å². The van der Waals surface area contributed by atoms with E-state index >= 15 is 0 Å². The summed E-state index contributed by atoms with van der Waals surface area (Å²) in [7, 11) is 1.56. The Hall–Kier alpha value is 0.371. The van der Waals surface area contributed by atoms with Gasteiger partial charge in [0, 0.05) is 39.6 Å². The van der Waals surface area contributed by atoms with Crippen molar-refractivity contribution in [2.24, 2.45) is 0 Å². The molecule has 0 aromatic carbocycles. The lowest BCUT2D eigenvalue weighted by atomic mass is 10.4. The van der Waals surface area contributed by atoms with Gasteiger partial charge in [-0.15, -0.1) is 0 Å². The monoisotopic (exact) mass is 491 g/mol.